The number of anilines is 1. The summed E-state index contributed by atoms with van der Waals surface area (Å²) in [5.41, 5.74) is 5.28. The van der Waals surface area contributed by atoms with E-state index in [1.54, 1.807) is 11.2 Å². The lowest BCUT2D eigenvalue weighted by Crippen LogP contribution is -2.47. The van der Waals surface area contributed by atoms with E-state index in [1.807, 2.05) is 0 Å². The zero-order chi connectivity index (χ0) is 28.0. The number of rotatable bonds is 6. The second kappa shape index (κ2) is 10.4. The van der Waals surface area contributed by atoms with Crippen LogP contribution in [0.5, 0.6) is 0 Å². The van der Waals surface area contributed by atoms with Gasteiger partial charge in [-0.2, -0.15) is 4.31 Å². The number of aromatic carboxylic acids is 1. The summed E-state index contributed by atoms with van der Waals surface area (Å²) in [7, 11) is -3.14. The molecular weight excluding hydrogens is 528 g/mol. The fourth-order valence-electron chi connectivity index (χ4n) is 5.82. The van der Waals surface area contributed by atoms with Gasteiger partial charge < -0.3 is 10.0 Å². The minimum absolute atomic E-state index is 0.121. The number of aryl methyl sites for hydroxylation is 1. The van der Waals surface area contributed by atoms with Gasteiger partial charge in [0.1, 0.15) is 0 Å². The van der Waals surface area contributed by atoms with Crippen LogP contribution in [0.4, 0.5) is 5.95 Å². The third kappa shape index (κ3) is 5.24. The van der Waals surface area contributed by atoms with Crippen LogP contribution in [0.15, 0.2) is 53.7 Å². The van der Waals surface area contributed by atoms with Gasteiger partial charge in [-0.15, -0.1) is 0 Å². The molecule has 0 spiro atoms. The van der Waals surface area contributed by atoms with Crippen LogP contribution >= 0.6 is 0 Å². The van der Waals surface area contributed by atoms with Crippen LogP contribution in [0.2, 0.25) is 0 Å². The molecule has 6 rings (SSSR count). The molecular formula is C29H32N6O4S. The Morgan fingerprint density at radius 3 is 2.55 bits per heavy atom. The third-order valence-corrected chi connectivity index (χ3v) is 9.32. The Morgan fingerprint density at radius 2 is 1.82 bits per heavy atom. The number of hydrogen-bond acceptors (Lipinski definition) is 8. The van der Waals surface area contributed by atoms with Gasteiger partial charge >= 0.3 is 5.97 Å². The lowest BCUT2D eigenvalue weighted by molar-refractivity contribution is 0.0695. The number of piperazine rings is 1. The Kier molecular flexibility index (Phi) is 6.89. The number of nitrogens with zero attached hydrogens (tertiary/aromatic N) is 6. The highest BCUT2D eigenvalue weighted by Crippen LogP contribution is 2.26. The van der Waals surface area contributed by atoms with E-state index >= 15 is 0 Å². The van der Waals surface area contributed by atoms with E-state index in [0.29, 0.717) is 31.3 Å². The summed E-state index contributed by atoms with van der Waals surface area (Å²) in [5.74, 6) is -0.477. The monoisotopic (exact) mass is 560 g/mol. The summed E-state index contributed by atoms with van der Waals surface area (Å²) in [4.78, 5) is 29.6. The van der Waals surface area contributed by atoms with Gasteiger partial charge in [0.05, 0.1) is 28.9 Å². The first-order valence-corrected chi connectivity index (χ1v) is 15.3. The molecule has 3 aliphatic heterocycles. The molecule has 11 heteroatoms. The largest absolute Gasteiger partial charge is 0.478 e. The SMILES string of the molecule is Cc1nc(N2CCC3N=c4ccc(-c5cccc(CN6CCN(S(C)(=O)=O)CC6)c5)cc4=C3C2)ncc1C(=O)O. The van der Waals surface area contributed by atoms with E-state index < -0.39 is 16.0 Å². The number of carboxylic acid groups (broad SMARTS) is 1. The minimum atomic E-state index is -3.14. The second-order valence-corrected chi connectivity index (χ2v) is 12.7. The van der Waals surface area contributed by atoms with Crippen molar-refractivity contribution >= 4 is 27.5 Å². The summed E-state index contributed by atoms with van der Waals surface area (Å²) in [5, 5.41) is 11.5. The van der Waals surface area contributed by atoms with Crippen molar-refractivity contribution in [3.05, 3.63) is 76.1 Å². The number of hydrogen-bond donors (Lipinski definition) is 1. The normalized spacial score (nSPS) is 19.7. The fourth-order valence-corrected chi connectivity index (χ4v) is 6.64. The molecule has 2 fully saturated rings. The molecule has 4 heterocycles. The molecule has 1 atom stereocenters. The summed E-state index contributed by atoms with van der Waals surface area (Å²) >= 11 is 0. The molecule has 3 aromatic rings. The maximum Gasteiger partial charge on any atom is 0.339 e. The van der Waals surface area contributed by atoms with Crippen molar-refractivity contribution in [1.29, 1.82) is 0 Å². The Balaban J connectivity index is 1.23. The van der Waals surface area contributed by atoms with Gasteiger partial charge in [-0.1, -0.05) is 24.3 Å². The predicted molar refractivity (Wildman–Crippen MR) is 152 cm³/mol. The maximum absolute atomic E-state index is 11.8. The molecule has 2 saturated heterocycles. The van der Waals surface area contributed by atoms with Crippen molar-refractivity contribution in [2.45, 2.75) is 25.9 Å². The molecule has 0 saturated carbocycles. The van der Waals surface area contributed by atoms with E-state index in [0.717, 1.165) is 54.3 Å². The highest BCUT2D eigenvalue weighted by molar-refractivity contribution is 7.88. The quantitative estimate of drug-likeness (QED) is 0.479. The van der Waals surface area contributed by atoms with Crippen LogP contribution in [0.3, 0.4) is 0 Å². The maximum atomic E-state index is 11.8. The molecule has 1 N–H and O–H groups in total. The molecule has 0 bridgehead atoms. The number of carboxylic acids is 1. The van der Waals surface area contributed by atoms with Crippen molar-refractivity contribution in [1.82, 2.24) is 19.2 Å². The van der Waals surface area contributed by atoms with Gasteiger partial charge in [-0.25, -0.2) is 23.2 Å². The van der Waals surface area contributed by atoms with Crippen molar-refractivity contribution in [3.8, 4) is 11.1 Å². The van der Waals surface area contributed by atoms with Crippen LogP contribution in [-0.2, 0) is 16.6 Å². The van der Waals surface area contributed by atoms with Crippen molar-refractivity contribution in [2.75, 3.05) is 50.4 Å². The summed E-state index contributed by atoms with van der Waals surface area (Å²) in [6, 6.07) is 15.1. The zero-order valence-electron chi connectivity index (χ0n) is 22.6. The zero-order valence-corrected chi connectivity index (χ0v) is 23.4. The number of fused-ring (bicyclic) bond motifs is 2. The fraction of sp³-hybridized carbons (Fsp3) is 0.379. The Bertz CT molecular complexity index is 1720. The lowest BCUT2D eigenvalue weighted by Gasteiger charge is -2.33. The molecule has 0 amide bonds. The number of benzene rings is 2. The van der Waals surface area contributed by atoms with Gasteiger partial charge in [0.25, 0.3) is 0 Å². The molecule has 10 nitrogen and oxygen atoms in total. The van der Waals surface area contributed by atoms with Gasteiger partial charge in [0, 0.05) is 57.2 Å². The van der Waals surface area contributed by atoms with E-state index in [2.05, 4.69) is 62.2 Å². The first-order valence-electron chi connectivity index (χ1n) is 13.5. The Morgan fingerprint density at radius 1 is 1.05 bits per heavy atom. The number of aromatic nitrogens is 2. The summed E-state index contributed by atoms with van der Waals surface area (Å²) < 4.78 is 25.2. The molecule has 208 valence electrons. The Hall–Kier alpha value is -3.67. The Labute approximate surface area is 233 Å². The van der Waals surface area contributed by atoms with Crippen LogP contribution in [0.1, 0.15) is 28.0 Å². The molecule has 1 aromatic heterocycles. The van der Waals surface area contributed by atoms with Gasteiger partial charge in [0.15, 0.2) is 0 Å². The first kappa shape index (κ1) is 26.5. The summed E-state index contributed by atoms with van der Waals surface area (Å²) in [6.45, 7) is 6.37. The molecule has 3 aliphatic rings. The number of sulfonamides is 1. The molecule has 1 unspecified atom stereocenters. The highest BCUT2D eigenvalue weighted by Gasteiger charge is 2.29. The smallest absolute Gasteiger partial charge is 0.339 e. The van der Waals surface area contributed by atoms with Crippen molar-refractivity contribution in [2.24, 2.45) is 4.99 Å². The van der Waals surface area contributed by atoms with E-state index in [9.17, 15) is 18.3 Å². The van der Waals surface area contributed by atoms with E-state index in [4.69, 9.17) is 4.99 Å². The standard InChI is InChI=1S/C29H32N6O4S/c1-19-24(28(36)37)16-30-29(31-19)34-9-8-27-25(18-34)23-15-22(6-7-26(23)32-27)21-5-3-4-20(14-21)17-33-10-12-35(13-11-33)40(2,38)39/h3-7,14-16,27H,8-13,17-18H2,1-2H3,(H,36,37). The molecule has 0 radical (unpaired) electrons. The second-order valence-electron chi connectivity index (χ2n) is 10.7. The average molecular weight is 561 g/mol. The van der Waals surface area contributed by atoms with Crippen LogP contribution in [-0.4, -0.2) is 90.2 Å². The first-order chi connectivity index (χ1) is 19.2. The highest BCUT2D eigenvalue weighted by atomic mass is 32.2. The third-order valence-electron chi connectivity index (χ3n) is 8.02. The van der Waals surface area contributed by atoms with Crippen LogP contribution in [0.25, 0.3) is 16.7 Å². The minimum Gasteiger partial charge on any atom is -0.478 e. The van der Waals surface area contributed by atoms with E-state index in [1.165, 1.54) is 23.6 Å². The van der Waals surface area contributed by atoms with Gasteiger partial charge in [-0.3, -0.25) is 9.89 Å². The number of carbonyl (C=O) groups is 1. The molecule has 40 heavy (non-hydrogen) atoms. The van der Waals surface area contributed by atoms with Gasteiger partial charge in [-0.05, 0) is 53.8 Å². The number of piperidine rings is 1. The predicted octanol–water partition coefficient (Wildman–Crippen LogP) is 1.29. The summed E-state index contributed by atoms with van der Waals surface area (Å²) in [6.07, 6.45) is 3.51. The van der Waals surface area contributed by atoms with E-state index in [-0.39, 0.29) is 11.6 Å². The topological polar surface area (TPSA) is 119 Å². The van der Waals surface area contributed by atoms with Crippen molar-refractivity contribution < 1.29 is 18.3 Å². The van der Waals surface area contributed by atoms with Gasteiger partial charge in [0.2, 0.25) is 16.0 Å². The van der Waals surface area contributed by atoms with Crippen LogP contribution < -0.4 is 15.5 Å². The average Bonchev–Trinajstić information content (AvgIpc) is 3.30. The van der Waals surface area contributed by atoms with Crippen LogP contribution in [0, 0.1) is 6.92 Å². The van der Waals surface area contributed by atoms with Crippen molar-refractivity contribution in [3.63, 3.8) is 0 Å². The molecule has 2 aromatic carbocycles. The lowest BCUT2D eigenvalue weighted by atomic mass is 9.97. The molecule has 0 aliphatic carbocycles.